The largest absolute Gasteiger partial charge is 0.361 e. The summed E-state index contributed by atoms with van der Waals surface area (Å²) in [6.07, 6.45) is 3.91. The summed E-state index contributed by atoms with van der Waals surface area (Å²) in [6.45, 7) is 5.13. The zero-order valence-electron chi connectivity index (χ0n) is 23.1. The molecule has 3 aromatic carbocycles. The molecule has 2 atom stereocenters. The highest BCUT2D eigenvalue weighted by molar-refractivity contribution is 5.99. The fourth-order valence-corrected chi connectivity index (χ4v) is 5.11. The molecule has 1 aliphatic heterocycles. The lowest BCUT2D eigenvalue weighted by Crippen LogP contribution is -2.50. The number of para-hydroxylation sites is 1. The third-order valence-electron chi connectivity index (χ3n) is 6.97. The lowest BCUT2D eigenvalue weighted by molar-refractivity contribution is -0.121. The Morgan fingerprint density at radius 3 is 2.55 bits per heavy atom. The van der Waals surface area contributed by atoms with Crippen LogP contribution in [-0.4, -0.2) is 49.5 Å². The summed E-state index contributed by atoms with van der Waals surface area (Å²) < 4.78 is 14.4. The molecule has 0 saturated heterocycles. The molecule has 1 aromatic heterocycles. The van der Waals surface area contributed by atoms with Crippen molar-refractivity contribution in [2.24, 2.45) is 0 Å². The van der Waals surface area contributed by atoms with E-state index < -0.39 is 6.04 Å². The molecule has 200 valence electrons. The highest BCUT2D eigenvalue weighted by Gasteiger charge is 2.33. The molecule has 38 heavy (non-hydrogen) atoms. The van der Waals surface area contributed by atoms with Crippen molar-refractivity contribution < 1.29 is 9.18 Å². The van der Waals surface area contributed by atoms with E-state index in [1.165, 1.54) is 17.2 Å². The van der Waals surface area contributed by atoms with Crippen LogP contribution >= 0.6 is 0 Å². The summed E-state index contributed by atoms with van der Waals surface area (Å²) in [4.78, 5) is 21.3. The molecule has 1 aliphatic rings. The first-order valence-electron chi connectivity index (χ1n) is 13.3. The molecule has 0 aliphatic carbocycles. The molecule has 0 radical (unpaired) electrons. The number of carbonyl (C=O) groups is 1. The van der Waals surface area contributed by atoms with E-state index >= 15 is 0 Å². The average molecular weight is 515 g/mol. The summed E-state index contributed by atoms with van der Waals surface area (Å²) in [5.41, 5.74) is 6.09. The van der Waals surface area contributed by atoms with Crippen LogP contribution in [-0.2, 0) is 17.8 Å². The predicted octanol–water partition coefficient (Wildman–Crippen LogP) is 6.03. The van der Waals surface area contributed by atoms with Gasteiger partial charge < -0.3 is 20.1 Å². The highest BCUT2D eigenvalue weighted by Crippen LogP contribution is 2.33. The van der Waals surface area contributed by atoms with E-state index in [1.807, 2.05) is 61.4 Å². The fraction of sp³-hybridized carbons (Fsp3) is 0.344. The van der Waals surface area contributed by atoms with Crippen LogP contribution < -0.4 is 10.2 Å². The minimum atomic E-state index is -0.508. The zero-order valence-corrected chi connectivity index (χ0v) is 23.1. The number of aromatic amines is 1. The summed E-state index contributed by atoms with van der Waals surface area (Å²) in [5.74, 6) is -0.357. The maximum atomic E-state index is 14.4. The average Bonchev–Trinajstić information content (AvgIpc) is 3.33. The Balaban J connectivity index is 0.000000786. The van der Waals surface area contributed by atoms with Crippen LogP contribution in [0.1, 0.15) is 41.5 Å². The van der Waals surface area contributed by atoms with Crippen LogP contribution in [0.5, 0.6) is 0 Å². The van der Waals surface area contributed by atoms with Crippen molar-refractivity contribution in [3.63, 3.8) is 0 Å². The van der Waals surface area contributed by atoms with E-state index in [-0.39, 0.29) is 24.2 Å². The molecule has 1 amide bonds. The van der Waals surface area contributed by atoms with Gasteiger partial charge in [0.05, 0.1) is 6.04 Å². The second-order valence-corrected chi connectivity index (χ2v) is 10.6. The zero-order chi connectivity index (χ0) is 27.2. The molecule has 5 nitrogen and oxygen atoms in total. The summed E-state index contributed by atoms with van der Waals surface area (Å²) in [7, 11) is 6.00. The van der Waals surface area contributed by atoms with Gasteiger partial charge in [-0.2, -0.15) is 0 Å². The van der Waals surface area contributed by atoms with Gasteiger partial charge in [0, 0.05) is 47.4 Å². The number of halogens is 1. The fourth-order valence-electron chi connectivity index (χ4n) is 5.11. The van der Waals surface area contributed by atoms with Crippen molar-refractivity contribution in [1.82, 2.24) is 15.2 Å². The van der Waals surface area contributed by atoms with E-state index in [2.05, 4.69) is 48.4 Å². The molecule has 2 heterocycles. The quantitative estimate of drug-likeness (QED) is 0.330. The molecule has 0 spiro atoms. The van der Waals surface area contributed by atoms with Crippen molar-refractivity contribution in [2.45, 2.75) is 45.2 Å². The lowest BCUT2D eigenvalue weighted by atomic mass is 9.90. The number of hydrogen-bond acceptors (Lipinski definition) is 3. The molecular formula is C32H39FN4O. The van der Waals surface area contributed by atoms with Crippen molar-refractivity contribution in [2.75, 3.05) is 32.6 Å². The Morgan fingerprint density at radius 2 is 1.79 bits per heavy atom. The van der Waals surface area contributed by atoms with Crippen LogP contribution in [0.15, 0.2) is 72.9 Å². The van der Waals surface area contributed by atoms with Gasteiger partial charge in [-0.1, -0.05) is 61.0 Å². The van der Waals surface area contributed by atoms with Gasteiger partial charge in [-0.3, -0.25) is 4.79 Å². The Morgan fingerprint density at radius 1 is 1.08 bits per heavy atom. The van der Waals surface area contributed by atoms with Gasteiger partial charge in [0.25, 0.3) is 0 Å². The first-order valence-corrected chi connectivity index (χ1v) is 13.3. The van der Waals surface area contributed by atoms with Gasteiger partial charge in [-0.05, 0) is 70.2 Å². The normalized spacial score (nSPS) is 14.6. The van der Waals surface area contributed by atoms with Gasteiger partial charge in [0.1, 0.15) is 5.82 Å². The number of aromatic nitrogens is 1. The van der Waals surface area contributed by atoms with Crippen molar-refractivity contribution >= 4 is 22.5 Å². The Labute approximate surface area is 225 Å². The van der Waals surface area contributed by atoms with Crippen molar-refractivity contribution in [1.29, 1.82) is 0 Å². The number of anilines is 1. The van der Waals surface area contributed by atoms with Crippen LogP contribution in [0.3, 0.4) is 0 Å². The van der Waals surface area contributed by atoms with Crippen molar-refractivity contribution in [3.8, 4) is 0 Å². The predicted molar refractivity (Wildman–Crippen MR) is 155 cm³/mol. The molecule has 6 heteroatoms. The second-order valence-electron chi connectivity index (χ2n) is 10.6. The van der Waals surface area contributed by atoms with Crippen LogP contribution in [0.4, 0.5) is 10.1 Å². The molecule has 0 bridgehead atoms. The van der Waals surface area contributed by atoms with E-state index in [0.717, 1.165) is 35.0 Å². The maximum absolute atomic E-state index is 14.4. The number of amides is 1. The van der Waals surface area contributed by atoms with Crippen LogP contribution in [0.2, 0.25) is 0 Å². The number of H-pyrrole nitrogens is 1. The van der Waals surface area contributed by atoms with Gasteiger partial charge in [0.2, 0.25) is 5.91 Å². The summed E-state index contributed by atoms with van der Waals surface area (Å²) >= 11 is 0. The first-order chi connectivity index (χ1) is 18.3. The summed E-state index contributed by atoms with van der Waals surface area (Å²) in [6, 6.07) is 20.7. The molecular weight excluding hydrogens is 475 g/mol. The molecule has 2 N–H and O–H groups in total. The van der Waals surface area contributed by atoms with E-state index in [1.54, 1.807) is 12.1 Å². The minimum Gasteiger partial charge on any atom is -0.361 e. The highest BCUT2D eigenvalue weighted by atomic mass is 19.1. The number of hydrogen-bond donors (Lipinski definition) is 2. The number of benzene rings is 3. The number of nitrogens with zero attached hydrogens (tertiary/aromatic N) is 2. The summed E-state index contributed by atoms with van der Waals surface area (Å²) in [5, 5.41) is 4.53. The Hall–Kier alpha value is -3.48. The van der Waals surface area contributed by atoms with Crippen LogP contribution in [0.25, 0.3) is 10.9 Å². The monoisotopic (exact) mass is 514 g/mol. The third kappa shape index (κ3) is 6.32. The second kappa shape index (κ2) is 12.4. The van der Waals surface area contributed by atoms with E-state index in [0.29, 0.717) is 12.1 Å². The standard InChI is InChI=1S/C29H30FN3O.C3H9N/c1-19-13-14-27-21(16-19)9-7-15-33(27)29(34)28(32-17-22-8-3-5-11-25(22)30)20(2)24-18-31-26-12-6-4-10-23(24)26;1-4(2)3/h3-6,8,10-14,16,18,20,28,31-32H,7,9,15,17H2,1-2H3;1-3H3. The third-order valence-corrected chi connectivity index (χ3v) is 6.97. The Bertz CT molecular complexity index is 1380. The van der Waals surface area contributed by atoms with Gasteiger partial charge in [-0.15, -0.1) is 0 Å². The van der Waals surface area contributed by atoms with Gasteiger partial charge in [-0.25, -0.2) is 4.39 Å². The van der Waals surface area contributed by atoms with E-state index in [4.69, 9.17) is 0 Å². The minimum absolute atomic E-state index is 0.0268. The van der Waals surface area contributed by atoms with Gasteiger partial charge >= 0.3 is 0 Å². The van der Waals surface area contributed by atoms with Gasteiger partial charge in [0.15, 0.2) is 0 Å². The molecule has 0 fully saturated rings. The Kier molecular flexibility index (Phi) is 8.97. The number of carbonyl (C=O) groups excluding carboxylic acids is 1. The number of fused-ring (bicyclic) bond motifs is 2. The van der Waals surface area contributed by atoms with E-state index in [9.17, 15) is 9.18 Å². The lowest BCUT2D eigenvalue weighted by Gasteiger charge is -2.35. The molecule has 5 rings (SSSR count). The number of nitrogens with one attached hydrogen (secondary N) is 2. The smallest absolute Gasteiger partial charge is 0.244 e. The maximum Gasteiger partial charge on any atom is 0.244 e. The molecule has 0 saturated carbocycles. The SMILES string of the molecule is CN(C)C.Cc1ccc2c(c1)CCCN2C(=O)C(NCc1ccccc1F)C(C)c1c[nH]c2ccccc12. The van der Waals surface area contributed by atoms with Crippen molar-refractivity contribution in [3.05, 3.63) is 101 Å². The molecule has 2 unspecified atom stereocenters. The van der Waals surface area contributed by atoms with Crippen LogP contribution in [0, 0.1) is 12.7 Å². The number of rotatable bonds is 6. The first kappa shape index (κ1) is 27.6. The molecule has 4 aromatic rings. The topological polar surface area (TPSA) is 51.4 Å². The number of aryl methyl sites for hydroxylation is 2.